The number of H-pyrrole nitrogens is 1. The number of hydrogen-bond acceptors (Lipinski definition) is 2. The highest BCUT2D eigenvalue weighted by Gasteiger charge is 2.14. The molecule has 0 aliphatic rings. The third-order valence-corrected chi connectivity index (χ3v) is 3.13. The van der Waals surface area contributed by atoms with Gasteiger partial charge in [-0.1, -0.05) is 41.9 Å². The monoisotopic (exact) mass is 271 g/mol. The van der Waals surface area contributed by atoms with Crippen LogP contribution >= 0.6 is 11.6 Å². The summed E-state index contributed by atoms with van der Waals surface area (Å²) in [4.78, 5) is 11.9. The Labute approximate surface area is 114 Å². The Bertz CT molecular complexity index is 762. The van der Waals surface area contributed by atoms with Gasteiger partial charge in [-0.25, -0.2) is 14.5 Å². The Hall–Kier alpha value is -2.33. The second kappa shape index (κ2) is 4.74. The van der Waals surface area contributed by atoms with Crippen molar-refractivity contribution in [1.29, 1.82) is 0 Å². The van der Waals surface area contributed by atoms with Crippen LogP contribution in [0.1, 0.15) is 0 Å². The second-order valence-corrected chi connectivity index (χ2v) is 4.41. The van der Waals surface area contributed by atoms with Crippen LogP contribution in [0, 0.1) is 0 Å². The average molecular weight is 272 g/mol. The fourth-order valence-electron chi connectivity index (χ4n) is 1.94. The van der Waals surface area contributed by atoms with Gasteiger partial charge in [0.15, 0.2) is 5.82 Å². The van der Waals surface area contributed by atoms with Crippen LogP contribution in [0.2, 0.25) is 5.02 Å². The summed E-state index contributed by atoms with van der Waals surface area (Å²) in [6.45, 7) is 0. The number of nitrogens with one attached hydrogen (secondary N) is 1. The molecule has 3 rings (SSSR count). The Kier molecular flexibility index (Phi) is 2.93. The van der Waals surface area contributed by atoms with Crippen LogP contribution in [0.15, 0.2) is 59.4 Å². The molecule has 0 spiro atoms. The van der Waals surface area contributed by atoms with Gasteiger partial charge in [0.05, 0.1) is 10.7 Å². The molecule has 0 unspecified atom stereocenters. The molecule has 0 aliphatic carbocycles. The molecule has 1 N–H and O–H groups in total. The molecule has 19 heavy (non-hydrogen) atoms. The lowest BCUT2D eigenvalue weighted by Gasteiger charge is -2.06. The van der Waals surface area contributed by atoms with Gasteiger partial charge >= 0.3 is 5.69 Å². The summed E-state index contributed by atoms with van der Waals surface area (Å²) >= 11 is 6.16. The lowest BCUT2D eigenvalue weighted by molar-refractivity contribution is 0.985. The van der Waals surface area contributed by atoms with Gasteiger partial charge in [-0.3, -0.25) is 0 Å². The quantitative estimate of drug-likeness (QED) is 0.779. The van der Waals surface area contributed by atoms with Crippen LogP contribution < -0.4 is 5.69 Å². The first-order chi connectivity index (χ1) is 9.27. The molecule has 0 saturated heterocycles. The summed E-state index contributed by atoms with van der Waals surface area (Å²) < 4.78 is 1.50. The van der Waals surface area contributed by atoms with Crippen LogP contribution in [-0.2, 0) is 0 Å². The molecule has 1 heterocycles. The summed E-state index contributed by atoms with van der Waals surface area (Å²) in [5.41, 5.74) is 1.17. The Morgan fingerprint density at radius 1 is 1.00 bits per heavy atom. The van der Waals surface area contributed by atoms with Crippen LogP contribution in [0.4, 0.5) is 0 Å². The molecule has 5 heteroatoms. The zero-order valence-corrected chi connectivity index (χ0v) is 10.6. The SMILES string of the molecule is O=c1[nH]nc(-c2ccccc2Cl)n1-c1ccccc1. The number of halogens is 1. The Morgan fingerprint density at radius 3 is 2.42 bits per heavy atom. The summed E-state index contributed by atoms with van der Waals surface area (Å²) in [5.74, 6) is 0.502. The van der Waals surface area contributed by atoms with Crippen molar-refractivity contribution in [2.24, 2.45) is 0 Å². The number of nitrogens with zero attached hydrogens (tertiary/aromatic N) is 2. The van der Waals surface area contributed by atoms with E-state index >= 15 is 0 Å². The van der Waals surface area contributed by atoms with Gasteiger partial charge in [-0.05, 0) is 24.3 Å². The van der Waals surface area contributed by atoms with E-state index in [-0.39, 0.29) is 5.69 Å². The molecule has 4 nitrogen and oxygen atoms in total. The van der Waals surface area contributed by atoms with Gasteiger partial charge in [-0.2, -0.15) is 5.10 Å². The summed E-state index contributed by atoms with van der Waals surface area (Å²) in [7, 11) is 0. The number of hydrogen-bond donors (Lipinski definition) is 1. The molecule has 0 radical (unpaired) electrons. The number of rotatable bonds is 2. The molecule has 0 saturated carbocycles. The fraction of sp³-hybridized carbons (Fsp3) is 0. The molecular weight excluding hydrogens is 262 g/mol. The van der Waals surface area contributed by atoms with E-state index in [0.29, 0.717) is 16.4 Å². The van der Waals surface area contributed by atoms with E-state index in [9.17, 15) is 4.79 Å². The maximum atomic E-state index is 11.9. The molecule has 0 amide bonds. The highest BCUT2D eigenvalue weighted by Crippen LogP contribution is 2.26. The van der Waals surface area contributed by atoms with Crippen LogP contribution in [0.25, 0.3) is 17.1 Å². The van der Waals surface area contributed by atoms with Gasteiger partial charge in [0.25, 0.3) is 0 Å². The molecule has 94 valence electrons. The minimum absolute atomic E-state index is 0.291. The van der Waals surface area contributed by atoms with Crippen molar-refractivity contribution in [3.8, 4) is 17.1 Å². The predicted octanol–water partition coefficient (Wildman–Crippen LogP) is 2.88. The van der Waals surface area contributed by atoms with E-state index < -0.39 is 0 Å². The van der Waals surface area contributed by atoms with Crippen molar-refractivity contribution in [3.05, 3.63) is 70.1 Å². The minimum Gasteiger partial charge on any atom is -0.246 e. The van der Waals surface area contributed by atoms with Crippen molar-refractivity contribution in [3.63, 3.8) is 0 Å². The van der Waals surface area contributed by atoms with Crippen molar-refractivity contribution in [2.75, 3.05) is 0 Å². The number of benzene rings is 2. The van der Waals surface area contributed by atoms with E-state index in [4.69, 9.17) is 11.6 Å². The van der Waals surface area contributed by atoms with Gasteiger partial charge in [-0.15, -0.1) is 0 Å². The summed E-state index contributed by atoms with van der Waals surface area (Å²) in [5, 5.41) is 7.08. The van der Waals surface area contributed by atoms with Crippen molar-refractivity contribution in [1.82, 2.24) is 14.8 Å². The largest absolute Gasteiger partial charge is 0.348 e. The molecule has 0 fully saturated rings. The Balaban J connectivity index is 2.26. The predicted molar refractivity (Wildman–Crippen MR) is 74.6 cm³/mol. The highest BCUT2D eigenvalue weighted by molar-refractivity contribution is 6.33. The highest BCUT2D eigenvalue weighted by atomic mass is 35.5. The first-order valence-corrected chi connectivity index (χ1v) is 6.13. The first kappa shape index (κ1) is 11.7. The van der Waals surface area contributed by atoms with Gasteiger partial charge in [0.2, 0.25) is 0 Å². The average Bonchev–Trinajstić information content (AvgIpc) is 2.82. The molecule has 0 aliphatic heterocycles. The standard InChI is InChI=1S/C14H10ClN3O/c15-12-9-5-4-8-11(12)13-16-17-14(19)18(13)10-6-2-1-3-7-10/h1-9H,(H,17,19). The van der Waals surface area contributed by atoms with Crippen LogP contribution in [0.5, 0.6) is 0 Å². The second-order valence-electron chi connectivity index (χ2n) is 4.00. The van der Waals surface area contributed by atoms with Crippen molar-refractivity contribution in [2.45, 2.75) is 0 Å². The normalized spacial score (nSPS) is 10.6. The van der Waals surface area contributed by atoms with E-state index in [0.717, 1.165) is 5.69 Å². The molecular formula is C14H10ClN3O. The smallest absolute Gasteiger partial charge is 0.246 e. The van der Waals surface area contributed by atoms with Gasteiger partial charge in [0, 0.05) is 5.56 Å². The zero-order chi connectivity index (χ0) is 13.2. The fourth-order valence-corrected chi connectivity index (χ4v) is 2.16. The topological polar surface area (TPSA) is 50.7 Å². The third-order valence-electron chi connectivity index (χ3n) is 2.80. The molecule has 3 aromatic rings. The molecule has 0 bridgehead atoms. The maximum absolute atomic E-state index is 11.9. The van der Waals surface area contributed by atoms with Crippen LogP contribution in [-0.4, -0.2) is 14.8 Å². The number of aromatic amines is 1. The summed E-state index contributed by atoms with van der Waals surface area (Å²) in [6.07, 6.45) is 0. The van der Waals surface area contributed by atoms with Gasteiger partial charge < -0.3 is 0 Å². The van der Waals surface area contributed by atoms with E-state index in [1.54, 1.807) is 6.07 Å². The lowest BCUT2D eigenvalue weighted by Crippen LogP contribution is -2.15. The lowest BCUT2D eigenvalue weighted by atomic mass is 10.2. The van der Waals surface area contributed by atoms with E-state index in [2.05, 4.69) is 10.2 Å². The van der Waals surface area contributed by atoms with E-state index in [1.165, 1.54) is 4.57 Å². The molecule has 0 atom stereocenters. The first-order valence-electron chi connectivity index (χ1n) is 5.75. The molecule has 2 aromatic carbocycles. The number of aromatic nitrogens is 3. The Morgan fingerprint density at radius 2 is 1.68 bits per heavy atom. The van der Waals surface area contributed by atoms with Crippen LogP contribution in [0.3, 0.4) is 0 Å². The van der Waals surface area contributed by atoms with E-state index in [1.807, 2.05) is 48.5 Å². The van der Waals surface area contributed by atoms with Gasteiger partial charge in [0.1, 0.15) is 0 Å². The maximum Gasteiger partial charge on any atom is 0.348 e. The third kappa shape index (κ3) is 2.06. The molecule has 1 aromatic heterocycles. The summed E-state index contributed by atoms with van der Waals surface area (Å²) in [6, 6.07) is 16.6. The zero-order valence-electron chi connectivity index (χ0n) is 9.88. The van der Waals surface area contributed by atoms with Crippen molar-refractivity contribution < 1.29 is 0 Å². The van der Waals surface area contributed by atoms with Crippen molar-refractivity contribution >= 4 is 11.6 Å². The number of para-hydroxylation sites is 1. The minimum atomic E-state index is -0.291.